The van der Waals surface area contributed by atoms with Crippen LogP contribution in [0, 0.1) is 19.3 Å². The van der Waals surface area contributed by atoms with Crippen LogP contribution in [0.25, 0.3) is 0 Å². The first kappa shape index (κ1) is 33.0. The average molecular weight is 611 g/mol. The molecule has 3 aromatic rings. The number of nitrogens with zero attached hydrogens (tertiary/aromatic N) is 2. The highest BCUT2D eigenvalue weighted by Crippen LogP contribution is 2.49. The molecule has 1 fully saturated rings. The molecule has 4 atom stereocenters. The van der Waals surface area contributed by atoms with Gasteiger partial charge in [0.25, 0.3) is 17.7 Å². The highest BCUT2D eigenvalue weighted by molar-refractivity contribution is 5.97. The first-order valence-electron chi connectivity index (χ1n) is 14.4. The number of rotatable bonds is 11. The highest BCUT2D eigenvalue weighted by atomic mass is 19.3. The normalized spacial score (nSPS) is 19.3. The molecule has 236 valence electrons. The maximum absolute atomic E-state index is 15.5. The zero-order valence-corrected chi connectivity index (χ0v) is 25.6. The topological polar surface area (TPSA) is 124 Å². The van der Waals surface area contributed by atoms with Crippen LogP contribution < -0.4 is 10.6 Å². The molecule has 4 N–H and O–H groups in total. The van der Waals surface area contributed by atoms with Crippen LogP contribution in [0.3, 0.4) is 0 Å². The first-order chi connectivity index (χ1) is 20.8. The van der Waals surface area contributed by atoms with Crippen LogP contribution in [0.4, 0.5) is 8.78 Å². The molecule has 0 saturated carbocycles. The largest absolute Gasteiger partial charge is 0.508 e. The third-order valence-electron chi connectivity index (χ3n) is 8.49. The lowest BCUT2D eigenvalue weighted by Gasteiger charge is -2.39. The van der Waals surface area contributed by atoms with E-state index in [1.54, 1.807) is 74.8 Å². The number of hydrogen-bond acceptors (Lipinski definition) is 7. The van der Waals surface area contributed by atoms with E-state index >= 15 is 8.78 Å². The fourth-order valence-corrected chi connectivity index (χ4v) is 5.69. The standard InChI is InChI=1S/C33H40F2N4O5/c1-20-15-24(21(2)26(40)16-20)29(42)38-25(17-22-9-7-6-8-10-22)27(41)31(43)39-19-33(34,35)32(3,4)28(39)30(44-5)37-18-23-11-13-36-14-12-23/h6-16,25,27-28,30,37,40-41H,17-19H2,1-5H3,(H,38,42)/t25-,27-,28+,30?/m0/s1. The molecule has 1 unspecified atom stereocenters. The smallest absolute Gasteiger partial charge is 0.272 e. The predicted octanol–water partition coefficient (Wildman–Crippen LogP) is 3.74. The molecule has 1 aromatic heterocycles. The van der Waals surface area contributed by atoms with E-state index in [-0.39, 0.29) is 24.3 Å². The molecule has 1 aliphatic heterocycles. The van der Waals surface area contributed by atoms with Crippen LogP contribution in [0.5, 0.6) is 5.75 Å². The number of carbonyl (C=O) groups is 2. The minimum absolute atomic E-state index is 0.0443. The number of nitrogens with one attached hydrogen (secondary N) is 2. The summed E-state index contributed by atoms with van der Waals surface area (Å²) in [5, 5.41) is 27.7. The number of ether oxygens (including phenoxy) is 1. The maximum atomic E-state index is 15.5. The Bertz CT molecular complexity index is 1460. The number of likely N-dealkylation sites (tertiary alicyclic amines) is 1. The lowest BCUT2D eigenvalue weighted by Crippen LogP contribution is -2.59. The van der Waals surface area contributed by atoms with E-state index in [1.165, 1.54) is 27.0 Å². The van der Waals surface area contributed by atoms with Gasteiger partial charge in [0.1, 0.15) is 12.0 Å². The summed E-state index contributed by atoms with van der Waals surface area (Å²) in [5.74, 6) is -4.96. The van der Waals surface area contributed by atoms with Crippen molar-refractivity contribution in [2.24, 2.45) is 5.41 Å². The Morgan fingerprint density at radius 3 is 2.39 bits per heavy atom. The Labute approximate surface area is 256 Å². The monoisotopic (exact) mass is 610 g/mol. The van der Waals surface area contributed by atoms with Crippen LogP contribution >= 0.6 is 0 Å². The number of carbonyl (C=O) groups excluding carboxylic acids is 2. The number of aromatic hydroxyl groups is 1. The molecule has 2 amide bonds. The van der Waals surface area contributed by atoms with E-state index in [0.717, 1.165) is 10.5 Å². The van der Waals surface area contributed by atoms with E-state index in [4.69, 9.17) is 4.74 Å². The summed E-state index contributed by atoms with van der Waals surface area (Å²) in [6.45, 7) is 5.37. The molecule has 11 heteroatoms. The molecule has 2 heterocycles. The number of phenolic OH excluding ortho intramolecular Hbond substituents is 1. The van der Waals surface area contributed by atoms with Crippen molar-refractivity contribution in [3.63, 3.8) is 0 Å². The third-order valence-corrected chi connectivity index (χ3v) is 8.49. The van der Waals surface area contributed by atoms with Crippen LogP contribution in [-0.2, 0) is 22.5 Å². The van der Waals surface area contributed by atoms with Crippen molar-refractivity contribution in [1.82, 2.24) is 20.5 Å². The second-order valence-corrected chi connectivity index (χ2v) is 11.9. The van der Waals surface area contributed by atoms with E-state index in [2.05, 4.69) is 15.6 Å². The zero-order valence-electron chi connectivity index (χ0n) is 25.6. The highest BCUT2D eigenvalue weighted by Gasteiger charge is 2.64. The minimum Gasteiger partial charge on any atom is -0.508 e. The first-order valence-corrected chi connectivity index (χ1v) is 14.4. The van der Waals surface area contributed by atoms with Crippen LogP contribution in [0.2, 0.25) is 0 Å². The van der Waals surface area contributed by atoms with Gasteiger partial charge in [-0.25, -0.2) is 8.78 Å². The minimum atomic E-state index is -3.31. The van der Waals surface area contributed by atoms with E-state index in [1.807, 2.05) is 0 Å². The molecular formula is C33H40F2N4O5. The number of pyridine rings is 1. The number of aliphatic hydroxyl groups excluding tert-OH is 1. The zero-order chi connectivity index (χ0) is 32.2. The summed E-state index contributed by atoms with van der Waals surface area (Å²) in [6.07, 6.45) is 0.382. The van der Waals surface area contributed by atoms with Gasteiger partial charge in [0.05, 0.1) is 24.0 Å². The lowest BCUT2D eigenvalue weighted by atomic mass is 9.80. The fourth-order valence-electron chi connectivity index (χ4n) is 5.69. The van der Waals surface area contributed by atoms with Gasteiger partial charge >= 0.3 is 0 Å². The number of aryl methyl sites for hydroxylation is 1. The third kappa shape index (κ3) is 6.90. The van der Waals surface area contributed by atoms with Crippen molar-refractivity contribution < 1.29 is 33.3 Å². The van der Waals surface area contributed by atoms with Crippen molar-refractivity contribution in [3.05, 3.63) is 94.8 Å². The summed E-state index contributed by atoms with van der Waals surface area (Å²) in [4.78, 5) is 32.4. The quantitative estimate of drug-likeness (QED) is 0.244. The molecule has 0 aliphatic carbocycles. The van der Waals surface area contributed by atoms with Gasteiger partial charge in [-0.15, -0.1) is 0 Å². The second kappa shape index (κ2) is 13.4. The number of methoxy groups -OCH3 is 1. The number of hydrogen-bond donors (Lipinski definition) is 4. The average Bonchev–Trinajstić information content (AvgIpc) is 3.18. The van der Waals surface area contributed by atoms with Crippen molar-refractivity contribution in [3.8, 4) is 5.75 Å². The maximum Gasteiger partial charge on any atom is 0.272 e. The molecule has 2 aromatic carbocycles. The SMILES string of the molecule is COC(NCc1ccncc1)[C@H]1N(C(=O)[C@@H](O)[C@H](Cc2ccccc2)NC(=O)c2cc(C)cc(O)c2C)CC(F)(F)C1(C)C. The number of aliphatic hydroxyl groups is 1. The Kier molecular flexibility index (Phi) is 10.0. The molecule has 1 aliphatic rings. The van der Waals surface area contributed by atoms with Crippen LogP contribution in [-0.4, -0.2) is 75.9 Å². The Balaban J connectivity index is 1.65. The molecule has 9 nitrogen and oxygen atoms in total. The number of benzene rings is 2. The lowest BCUT2D eigenvalue weighted by molar-refractivity contribution is -0.147. The van der Waals surface area contributed by atoms with Crippen LogP contribution in [0.1, 0.15) is 46.5 Å². The van der Waals surface area contributed by atoms with Crippen molar-refractivity contribution in [2.45, 2.75) is 71.0 Å². The summed E-state index contributed by atoms with van der Waals surface area (Å²) >= 11 is 0. The number of aromatic nitrogens is 1. The van der Waals surface area contributed by atoms with Crippen molar-refractivity contribution in [2.75, 3.05) is 13.7 Å². The van der Waals surface area contributed by atoms with Gasteiger partial charge in [0.2, 0.25) is 0 Å². The molecule has 4 rings (SSSR count). The van der Waals surface area contributed by atoms with Gasteiger partial charge in [-0.1, -0.05) is 44.2 Å². The van der Waals surface area contributed by atoms with E-state index in [9.17, 15) is 19.8 Å². The van der Waals surface area contributed by atoms with E-state index < -0.39 is 54.1 Å². The molecule has 0 radical (unpaired) electrons. The molecule has 44 heavy (non-hydrogen) atoms. The van der Waals surface area contributed by atoms with Gasteiger partial charge in [-0.3, -0.25) is 19.9 Å². The molecule has 1 saturated heterocycles. The van der Waals surface area contributed by atoms with Gasteiger partial charge in [-0.2, -0.15) is 0 Å². The van der Waals surface area contributed by atoms with Gasteiger partial charge in [0.15, 0.2) is 6.10 Å². The van der Waals surface area contributed by atoms with Crippen molar-refractivity contribution in [1.29, 1.82) is 0 Å². The molecule has 0 bridgehead atoms. The van der Waals surface area contributed by atoms with Gasteiger partial charge < -0.3 is 25.2 Å². The Morgan fingerprint density at radius 1 is 1.09 bits per heavy atom. The summed E-state index contributed by atoms with van der Waals surface area (Å²) in [6, 6.07) is 13.2. The number of halogens is 2. The fraction of sp³-hybridized carbons (Fsp3) is 0.424. The summed E-state index contributed by atoms with van der Waals surface area (Å²) in [7, 11) is 1.37. The predicted molar refractivity (Wildman–Crippen MR) is 161 cm³/mol. The molecular weight excluding hydrogens is 570 g/mol. The summed E-state index contributed by atoms with van der Waals surface area (Å²) < 4.78 is 36.7. The number of amides is 2. The Hall–Kier alpha value is -3.93. The number of phenols is 1. The van der Waals surface area contributed by atoms with Crippen LogP contribution in [0.15, 0.2) is 67.0 Å². The van der Waals surface area contributed by atoms with Crippen molar-refractivity contribution >= 4 is 11.8 Å². The molecule has 0 spiro atoms. The summed E-state index contributed by atoms with van der Waals surface area (Å²) in [5.41, 5.74) is 0.964. The van der Waals surface area contributed by atoms with Gasteiger partial charge in [0, 0.05) is 37.2 Å². The van der Waals surface area contributed by atoms with Gasteiger partial charge in [-0.05, 0) is 61.2 Å². The number of alkyl halides is 2. The second-order valence-electron chi connectivity index (χ2n) is 11.9. The Morgan fingerprint density at radius 2 is 1.75 bits per heavy atom. The van der Waals surface area contributed by atoms with E-state index in [0.29, 0.717) is 16.7 Å².